The number of carbonyl (C=O) groups is 1. The van der Waals surface area contributed by atoms with Gasteiger partial charge in [0.2, 0.25) is 0 Å². The summed E-state index contributed by atoms with van der Waals surface area (Å²) in [5.74, 6) is 0.503. The Morgan fingerprint density at radius 1 is 1.27 bits per heavy atom. The summed E-state index contributed by atoms with van der Waals surface area (Å²) < 4.78 is 21.9. The average molecular weight is 412 g/mol. The van der Waals surface area contributed by atoms with Gasteiger partial charge in [-0.2, -0.15) is 0 Å². The Labute approximate surface area is 174 Å². The maximum Gasteiger partial charge on any atom is 0.410 e. The molecule has 30 heavy (non-hydrogen) atoms. The summed E-state index contributed by atoms with van der Waals surface area (Å²) in [7, 11) is 0. The number of aryl methyl sites for hydroxylation is 1. The second-order valence-electron chi connectivity index (χ2n) is 7.47. The predicted octanol–water partition coefficient (Wildman–Crippen LogP) is 3.10. The molecule has 1 N–H and O–H groups in total. The number of hydrogen-bond acceptors (Lipinski definition) is 6. The van der Waals surface area contributed by atoms with Crippen LogP contribution in [0.5, 0.6) is 0 Å². The second-order valence-corrected chi connectivity index (χ2v) is 7.47. The maximum absolute atomic E-state index is 14.7. The van der Waals surface area contributed by atoms with E-state index in [0.717, 1.165) is 12.0 Å². The molecule has 3 heterocycles. The largest absolute Gasteiger partial charge is 0.445 e. The topological polar surface area (TPSA) is 84.6 Å². The fourth-order valence-electron chi connectivity index (χ4n) is 3.58. The summed E-state index contributed by atoms with van der Waals surface area (Å²) in [6.07, 6.45) is 4.77. The van der Waals surface area contributed by atoms with Crippen LogP contribution in [0.2, 0.25) is 0 Å². The van der Waals surface area contributed by atoms with Crippen LogP contribution in [0.15, 0.2) is 43.0 Å². The number of piperidine rings is 1. The molecule has 158 valence electrons. The molecule has 0 unspecified atom stereocenters. The van der Waals surface area contributed by atoms with Gasteiger partial charge in [-0.25, -0.2) is 9.18 Å². The number of nitrogens with zero attached hydrogens (tertiary/aromatic N) is 5. The van der Waals surface area contributed by atoms with E-state index in [1.807, 2.05) is 24.3 Å². The van der Waals surface area contributed by atoms with Crippen molar-refractivity contribution in [3.8, 4) is 0 Å². The average Bonchev–Trinajstić information content (AvgIpc) is 3.26. The third-order valence-corrected chi connectivity index (χ3v) is 5.49. The van der Waals surface area contributed by atoms with Crippen LogP contribution in [0.25, 0.3) is 5.65 Å². The molecule has 2 aromatic heterocycles. The number of ether oxygens (including phenoxy) is 1. The van der Waals surface area contributed by atoms with Gasteiger partial charge in [0.25, 0.3) is 0 Å². The van der Waals surface area contributed by atoms with Crippen LogP contribution in [0.3, 0.4) is 0 Å². The lowest BCUT2D eigenvalue weighted by atomic mass is 9.95. The Morgan fingerprint density at radius 2 is 2.07 bits per heavy atom. The van der Waals surface area contributed by atoms with Crippen LogP contribution in [-0.4, -0.2) is 56.4 Å². The molecule has 0 radical (unpaired) electrons. The fraction of sp³-hybridized carbons (Fsp3) is 0.429. The highest BCUT2D eigenvalue weighted by molar-refractivity contribution is 5.67. The minimum atomic E-state index is -1.13. The summed E-state index contributed by atoms with van der Waals surface area (Å²) in [4.78, 5) is 17.9. The van der Waals surface area contributed by atoms with Gasteiger partial charge >= 0.3 is 6.09 Å². The van der Waals surface area contributed by atoms with Crippen LogP contribution < -0.4 is 5.32 Å². The zero-order valence-corrected chi connectivity index (χ0v) is 16.9. The van der Waals surface area contributed by atoms with Crippen molar-refractivity contribution in [2.45, 2.75) is 32.5 Å². The van der Waals surface area contributed by atoms with Crippen molar-refractivity contribution in [3.63, 3.8) is 0 Å². The molecule has 0 saturated carbocycles. The molecule has 1 aromatic carbocycles. The maximum atomic E-state index is 14.7. The van der Waals surface area contributed by atoms with Gasteiger partial charge < -0.3 is 15.0 Å². The number of amides is 1. The monoisotopic (exact) mass is 412 g/mol. The van der Waals surface area contributed by atoms with E-state index in [0.29, 0.717) is 31.0 Å². The molecule has 1 saturated heterocycles. The second kappa shape index (κ2) is 9.06. The number of rotatable bonds is 6. The molecule has 1 aliphatic rings. The van der Waals surface area contributed by atoms with Gasteiger partial charge in [-0.1, -0.05) is 31.2 Å². The Kier molecular flexibility index (Phi) is 6.06. The van der Waals surface area contributed by atoms with Crippen molar-refractivity contribution >= 4 is 17.6 Å². The van der Waals surface area contributed by atoms with Gasteiger partial charge in [0, 0.05) is 19.0 Å². The fourth-order valence-corrected chi connectivity index (χ4v) is 3.58. The van der Waals surface area contributed by atoms with E-state index < -0.39 is 12.3 Å². The summed E-state index contributed by atoms with van der Waals surface area (Å²) in [5.41, 5.74) is 2.78. The van der Waals surface area contributed by atoms with E-state index in [9.17, 15) is 9.18 Å². The standard InChI is InChI=1S/C21H25FN6O2/c1-2-15-3-5-16(6-4-15)13-30-21(29)27-8-7-17(18(22)12-27)9-24-19-10-23-11-20-26-25-14-28(19)20/h3-6,10-11,14,17-18,24H,2,7-9,12-13H2,1H3/t17-,18-/m1/s1. The zero-order valence-electron chi connectivity index (χ0n) is 16.9. The van der Waals surface area contributed by atoms with Gasteiger partial charge in [0.15, 0.2) is 5.65 Å². The van der Waals surface area contributed by atoms with Crippen LogP contribution in [-0.2, 0) is 17.8 Å². The molecular formula is C21H25FN6O2. The van der Waals surface area contributed by atoms with Gasteiger partial charge in [-0.3, -0.25) is 9.38 Å². The first-order valence-electron chi connectivity index (χ1n) is 10.1. The molecule has 1 aliphatic heterocycles. The normalized spacial score (nSPS) is 19.1. The Bertz CT molecular complexity index is 993. The number of alkyl halides is 1. The molecule has 3 aromatic rings. The van der Waals surface area contributed by atoms with Gasteiger partial charge in [0.05, 0.1) is 18.9 Å². The third-order valence-electron chi connectivity index (χ3n) is 5.49. The number of aromatic nitrogens is 4. The minimum Gasteiger partial charge on any atom is -0.445 e. The molecule has 0 aliphatic carbocycles. The molecule has 4 rings (SSSR count). The first kappa shape index (κ1) is 20.1. The number of hydrogen-bond donors (Lipinski definition) is 1. The molecule has 1 fully saturated rings. The highest BCUT2D eigenvalue weighted by Crippen LogP contribution is 2.22. The molecule has 1 amide bonds. The molecule has 8 nitrogen and oxygen atoms in total. The summed E-state index contributed by atoms with van der Waals surface area (Å²) >= 11 is 0. The van der Waals surface area contributed by atoms with E-state index in [1.165, 1.54) is 10.5 Å². The van der Waals surface area contributed by atoms with Crippen molar-refractivity contribution in [3.05, 3.63) is 54.1 Å². The van der Waals surface area contributed by atoms with Gasteiger partial charge in [0.1, 0.15) is 24.9 Å². The van der Waals surface area contributed by atoms with Crippen LogP contribution in [0, 0.1) is 5.92 Å². The summed E-state index contributed by atoms with van der Waals surface area (Å²) in [6, 6.07) is 7.95. The summed E-state index contributed by atoms with van der Waals surface area (Å²) in [6.45, 7) is 3.22. The number of likely N-dealkylation sites (tertiary alicyclic amines) is 1. The lowest BCUT2D eigenvalue weighted by Crippen LogP contribution is -2.46. The van der Waals surface area contributed by atoms with E-state index in [2.05, 4.69) is 27.4 Å². The van der Waals surface area contributed by atoms with Crippen LogP contribution >= 0.6 is 0 Å². The first-order valence-corrected chi connectivity index (χ1v) is 10.1. The number of halogens is 1. The SMILES string of the molecule is CCc1ccc(COC(=O)N2CC[C@H](CNc3cncc4nncn34)[C@H](F)C2)cc1. The Morgan fingerprint density at radius 3 is 2.83 bits per heavy atom. The smallest absolute Gasteiger partial charge is 0.410 e. The first-order chi connectivity index (χ1) is 14.6. The lowest BCUT2D eigenvalue weighted by molar-refractivity contribution is 0.0544. The van der Waals surface area contributed by atoms with E-state index in [-0.39, 0.29) is 19.1 Å². The number of nitrogens with one attached hydrogen (secondary N) is 1. The number of benzene rings is 1. The number of anilines is 1. The Hall–Kier alpha value is -3.23. The van der Waals surface area contributed by atoms with Crippen molar-refractivity contribution in [2.24, 2.45) is 5.92 Å². The van der Waals surface area contributed by atoms with Crippen molar-refractivity contribution < 1.29 is 13.9 Å². The zero-order chi connectivity index (χ0) is 20.9. The van der Waals surface area contributed by atoms with Crippen molar-refractivity contribution in [1.29, 1.82) is 0 Å². The van der Waals surface area contributed by atoms with E-state index >= 15 is 0 Å². The third kappa shape index (κ3) is 4.50. The molecule has 2 atom stereocenters. The predicted molar refractivity (Wildman–Crippen MR) is 110 cm³/mol. The van der Waals surface area contributed by atoms with E-state index in [1.54, 1.807) is 23.1 Å². The quantitative estimate of drug-likeness (QED) is 0.670. The molecular weight excluding hydrogens is 387 g/mol. The molecule has 0 spiro atoms. The van der Waals surface area contributed by atoms with Crippen LogP contribution in [0.4, 0.5) is 15.0 Å². The van der Waals surface area contributed by atoms with Gasteiger partial charge in [-0.05, 0) is 24.0 Å². The van der Waals surface area contributed by atoms with Crippen molar-refractivity contribution in [1.82, 2.24) is 24.5 Å². The highest BCUT2D eigenvalue weighted by Gasteiger charge is 2.32. The lowest BCUT2D eigenvalue weighted by Gasteiger charge is -2.34. The van der Waals surface area contributed by atoms with Crippen molar-refractivity contribution in [2.75, 3.05) is 25.0 Å². The number of carbonyl (C=O) groups excluding carboxylic acids is 1. The summed E-state index contributed by atoms with van der Waals surface area (Å²) in [5, 5.41) is 11.0. The van der Waals surface area contributed by atoms with Gasteiger partial charge in [-0.15, -0.1) is 10.2 Å². The van der Waals surface area contributed by atoms with E-state index in [4.69, 9.17) is 4.74 Å². The van der Waals surface area contributed by atoms with Crippen LogP contribution in [0.1, 0.15) is 24.5 Å². The minimum absolute atomic E-state index is 0.0367. The Balaban J connectivity index is 1.26. The molecule has 9 heteroatoms. The molecule has 0 bridgehead atoms. The number of fused-ring (bicyclic) bond motifs is 1. The highest BCUT2D eigenvalue weighted by atomic mass is 19.1.